The first-order valence-electron chi connectivity index (χ1n) is 8.42. The van der Waals surface area contributed by atoms with E-state index < -0.39 is 0 Å². The van der Waals surface area contributed by atoms with Crippen molar-refractivity contribution in [3.63, 3.8) is 0 Å². The van der Waals surface area contributed by atoms with E-state index in [9.17, 15) is 0 Å². The van der Waals surface area contributed by atoms with Gasteiger partial charge in [-0.15, -0.1) is 0 Å². The number of hydrogen-bond acceptors (Lipinski definition) is 6. The molecule has 1 aromatic heterocycles. The smallest absolute Gasteiger partial charge is 0.228 e. The quantitative estimate of drug-likeness (QED) is 0.862. The molecule has 0 bridgehead atoms. The average Bonchev–Trinajstić information content (AvgIpc) is 2.63. The third kappa shape index (κ3) is 3.20. The third-order valence-corrected chi connectivity index (χ3v) is 4.73. The molecule has 126 valence electrons. The number of anilines is 1. The lowest BCUT2D eigenvalue weighted by molar-refractivity contribution is -0.0688. The van der Waals surface area contributed by atoms with Gasteiger partial charge in [0.25, 0.3) is 0 Å². The largest absolute Gasteiger partial charge is 0.439 e. The summed E-state index contributed by atoms with van der Waals surface area (Å²) in [5.74, 6) is 2.07. The van der Waals surface area contributed by atoms with Crippen molar-refractivity contribution in [3.8, 4) is 11.6 Å². The summed E-state index contributed by atoms with van der Waals surface area (Å²) in [6.07, 6.45) is 3.08. The number of benzene rings is 1. The minimum atomic E-state index is 0.323. The van der Waals surface area contributed by atoms with Crippen molar-refractivity contribution >= 4 is 5.95 Å². The molecule has 0 aliphatic carbocycles. The highest BCUT2D eigenvalue weighted by Crippen LogP contribution is 2.26. The maximum absolute atomic E-state index is 5.91. The van der Waals surface area contributed by atoms with Gasteiger partial charge in [0, 0.05) is 31.9 Å². The van der Waals surface area contributed by atoms with Gasteiger partial charge in [0.1, 0.15) is 5.75 Å². The van der Waals surface area contributed by atoms with Crippen LogP contribution in [-0.2, 0) is 4.74 Å². The molecule has 24 heavy (non-hydrogen) atoms. The molecule has 4 rings (SSSR count). The van der Waals surface area contributed by atoms with Gasteiger partial charge in [0.2, 0.25) is 11.8 Å². The lowest BCUT2D eigenvalue weighted by Gasteiger charge is -2.45. The normalized spacial score (nSPS) is 24.5. The van der Waals surface area contributed by atoms with Crippen molar-refractivity contribution in [3.05, 3.63) is 42.6 Å². The molecule has 2 aliphatic heterocycles. The number of hydrogen-bond donors (Lipinski definition) is 0. The summed E-state index contributed by atoms with van der Waals surface area (Å²) in [6, 6.07) is 11.9. The first kappa shape index (κ1) is 15.4. The van der Waals surface area contributed by atoms with Crippen LogP contribution in [0.15, 0.2) is 42.6 Å². The lowest BCUT2D eigenvalue weighted by atomic mass is 9.99. The fraction of sp³-hybridized carbons (Fsp3) is 0.444. The zero-order valence-corrected chi connectivity index (χ0v) is 13.8. The summed E-state index contributed by atoms with van der Waals surface area (Å²) in [5.41, 5.74) is 0. The van der Waals surface area contributed by atoms with Crippen molar-refractivity contribution in [1.29, 1.82) is 0 Å². The van der Waals surface area contributed by atoms with Crippen molar-refractivity contribution in [1.82, 2.24) is 14.9 Å². The Bertz CT molecular complexity index is 682. The molecule has 2 aromatic rings. The monoisotopic (exact) mass is 326 g/mol. The Hall–Kier alpha value is -2.18. The van der Waals surface area contributed by atoms with Crippen LogP contribution >= 0.6 is 0 Å². The minimum absolute atomic E-state index is 0.323. The average molecular weight is 326 g/mol. The molecule has 0 amide bonds. The van der Waals surface area contributed by atoms with E-state index in [0.717, 1.165) is 44.4 Å². The van der Waals surface area contributed by atoms with E-state index in [1.54, 1.807) is 12.3 Å². The summed E-state index contributed by atoms with van der Waals surface area (Å²) >= 11 is 0. The molecule has 3 heterocycles. The van der Waals surface area contributed by atoms with Crippen LogP contribution in [0.4, 0.5) is 5.95 Å². The zero-order chi connectivity index (χ0) is 16.4. The van der Waals surface area contributed by atoms with Crippen molar-refractivity contribution in [2.45, 2.75) is 18.6 Å². The Labute approximate surface area is 142 Å². The maximum Gasteiger partial charge on any atom is 0.228 e. The van der Waals surface area contributed by atoms with Gasteiger partial charge in [-0.05, 0) is 25.6 Å². The second-order valence-electron chi connectivity index (χ2n) is 6.30. The molecule has 6 nitrogen and oxygen atoms in total. The Balaban J connectivity index is 1.49. The van der Waals surface area contributed by atoms with Crippen LogP contribution in [0, 0.1) is 0 Å². The first-order valence-corrected chi connectivity index (χ1v) is 8.42. The number of rotatable bonds is 3. The van der Waals surface area contributed by atoms with Gasteiger partial charge < -0.3 is 14.4 Å². The number of piperidine rings is 1. The zero-order valence-electron chi connectivity index (χ0n) is 13.8. The summed E-state index contributed by atoms with van der Waals surface area (Å²) in [5, 5.41) is 0. The molecular weight excluding hydrogens is 304 g/mol. The number of nitrogens with zero attached hydrogens (tertiary/aromatic N) is 4. The van der Waals surface area contributed by atoms with Crippen LogP contribution in [0.3, 0.4) is 0 Å². The van der Waals surface area contributed by atoms with Gasteiger partial charge in [0.15, 0.2) is 0 Å². The SMILES string of the molecule is CN1CCOC2CCN(c3nccc(Oc4ccccc4)n3)CC21. The fourth-order valence-electron chi connectivity index (χ4n) is 3.37. The second-order valence-corrected chi connectivity index (χ2v) is 6.30. The fourth-order valence-corrected chi connectivity index (χ4v) is 3.37. The van der Waals surface area contributed by atoms with Crippen LogP contribution in [0.1, 0.15) is 6.42 Å². The molecule has 2 fully saturated rings. The summed E-state index contributed by atoms with van der Waals surface area (Å²) < 4.78 is 11.7. The van der Waals surface area contributed by atoms with Gasteiger partial charge in [-0.25, -0.2) is 4.98 Å². The Morgan fingerprint density at radius 1 is 1.17 bits per heavy atom. The highest BCUT2D eigenvalue weighted by Gasteiger charge is 2.36. The van der Waals surface area contributed by atoms with E-state index in [2.05, 4.69) is 26.8 Å². The van der Waals surface area contributed by atoms with Gasteiger partial charge >= 0.3 is 0 Å². The summed E-state index contributed by atoms with van der Waals surface area (Å²) in [6.45, 7) is 3.60. The van der Waals surface area contributed by atoms with Crippen LogP contribution in [-0.4, -0.2) is 60.3 Å². The molecular formula is C18H22N4O2. The molecule has 2 saturated heterocycles. The van der Waals surface area contributed by atoms with Crippen molar-refractivity contribution in [2.24, 2.45) is 0 Å². The summed E-state index contributed by atoms with van der Waals surface area (Å²) in [4.78, 5) is 13.6. The molecule has 0 spiro atoms. The molecule has 0 radical (unpaired) electrons. The topological polar surface area (TPSA) is 50.7 Å². The van der Waals surface area contributed by atoms with Gasteiger partial charge in [-0.1, -0.05) is 18.2 Å². The molecule has 6 heteroatoms. The highest BCUT2D eigenvalue weighted by molar-refractivity contribution is 5.35. The lowest BCUT2D eigenvalue weighted by Crippen LogP contribution is -2.59. The van der Waals surface area contributed by atoms with E-state index >= 15 is 0 Å². The van der Waals surface area contributed by atoms with E-state index in [0.29, 0.717) is 18.0 Å². The molecule has 0 N–H and O–H groups in total. The van der Waals surface area contributed by atoms with Gasteiger partial charge in [0.05, 0.1) is 18.8 Å². The van der Waals surface area contributed by atoms with Crippen LogP contribution in [0.2, 0.25) is 0 Å². The van der Waals surface area contributed by atoms with E-state index in [1.807, 2.05) is 30.3 Å². The van der Waals surface area contributed by atoms with Crippen LogP contribution < -0.4 is 9.64 Å². The van der Waals surface area contributed by atoms with Crippen molar-refractivity contribution in [2.75, 3.05) is 38.2 Å². The first-order chi connectivity index (χ1) is 11.8. The van der Waals surface area contributed by atoms with E-state index in [4.69, 9.17) is 9.47 Å². The minimum Gasteiger partial charge on any atom is -0.439 e. The number of likely N-dealkylation sites (N-methyl/N-ethyl adjacent to an activating group) is 1. The Kier molecular flexibility index (Phi) is 4.32. The van der Waals surface area contributed by atoms with Crippen LogP contribution in [0.25, 0.3) is 0 Å². The molecule has 0 saturated carbocycles. The standard InChI is InChI=1S/C18H22N4O2/c1-21-11-12-23-16-8-10-22(13-15(16)21)18-19-9-7-17(20-18)24-14-5-3-2-4-6-14/h2-7,9,15-16H,8,10-13H2,1H3. The predicted octanol–water partition coefficient (Wildman–Crippen LogP) is 2.18. The molecule has 2 atom stereocenters. The molecule has 2 aliphatic rings. The second kappa shape index (κ2) is 6.75. The molecule has 1 aromatic carbocycles. The van der Waals surface area contributed by atoms with Gasteiger partial charge in [-0.2, -0.15) is 4.98 Å². The van der Waals surface area contributed by atoms with E-state index in [1.165, 1.54) is 0 Å². The van der Waals surface area contributed by atoms with Crippen molar-refractivity contribution < 1.29 is 9.47 Å². The van der Waals surface area contributed by atoms with E-state index in [-0.39, 0.29) is 0 Å². The summed E-state index contributed by atoms with van der Waals surface area (Å²) in [7, 11) is 2.17. The number of aromatic nitrogens is 2. The number of morpholine rings is 1. The maximum atomic E-state index is 5.91. The molecule has 2 unspecified atom stereocenters. The van der Waals surface area contributed by atoms with Crippen LogP contribution in [0.5, 0.6) is 11.6 Å². The predicted molar refractivity (Wildman–Crippen MR) is 91.5 cm³/mol. The Morgan fingerprint density at radius 2 is 2.04 bits per heavy atom. The highest BCUT2D eigenvalue weighted by atomic mass is 16.5. The number of para-hydroxylation sites is 1. The van der Waals surface area contributed by atoms with Gasteiger partial charge in [-0.3, -0.25) is 4.90 Å². The third-order valence-electron chi connectivity index (χ3n) is 4.73. The number of fused-ring (bicyclic) bond motifs is 1. The Morgan fingerprint density at radius 3 is 2.92 bits per heavy atom. The number of ether oxygens (including phenoxy) is 2.